The van der Waals surface area contributed by atoms with Gasteiger partial charge in [-0.05, 0) is 66.2 Å². The van der Waals surface area contributed by atoms with Gasteiger partial charge in [0.05, 0.1) is 6.10 Å². The van der Waals surface area contributed by atoms with E-state index in [4.69, 9.17) is 0 Å². The van der Waals surface area contributed by atoms with E-state index in [-0.39, 0.29) is 5.92 Å². The minimum absolute atomic E-state index is 0.213. The fourth-order valence-electron chi connectivity index (χ4n) is 4.95. The lowest BCUT2D eigenvalue weighted by atomic mass is 9.85. The Balaban J connectivity index is 1.66. The standard InChI is InChI=1S/C29H40O2/c1-7-8-24(19(4)5)20(6)15-28(30)23-13-14-25(29(31)16-23)27-17-26(27)22-11-9-21(10-12-22)18(2)3/h8-9,11,13-14,16-20,27-28,30-31H,7,10,12,15H2,1-6H3. The number of phenols is 1. The molecule has 0 bridgehead atoms. The second kappa shape index (κ2) is 10.0. The summed E-state index contributed by atoms with van der Waals surface area (Å²) in [5, 5.41) is 21.5. The largest absolute Gasteiger partial charge is 0.508 e. The topological polar surface area (TPSA) is 40.5 Å². The summed E-state index contributed by atoms with van der Waals surface area (Å²) in [5.41, 5.74) is 7.43. The van der Waals surface area contributed by atoms with Crippen LogP contribution in [0.2, 0.25) is 0 Å². The van der Waals surface area contributed by atoms with Gasteiger partial charge in [-0.3, -0.25) is 0 Å². The Morgan fingerprint density at radius 2 is 1.84 bits per heavy atom. The molecule has 1 aromatic rings. The van der Waals surface area contributed by atoms with Crippen molar-refractivity contribution in [3.63, 3.8) is 0 Å². The van der Waals surface area contributed by atoms with E-state index in [1.165, 1.54) is 22.3 Å². The van der Waals surface area contributed by atoms with Crippen LogP contribution in [0, 0.1) is 17.8 Å². The molecule has 2 heteroatoms. The van der Waals surface area contributed by atoms with Crippen LogP contribution < -0.4 is 0 Å². The van der Waals surface area contributed by atoms with Crippen molar-refractivity contribution in [3.8, 4) is 5.75 Å². The molecule has 1 aromatic carbocycles. The van der Waals surface area contributed by atoms with Gasteiger partial charge in [0.25, 0.3) is 0 Å². The third-order valence-electron chi connectivity index (χ3n) is 6.89. The van der Waals surface area contributed by atoms with Crippen molar-refractivity contribution >= 4 is 0 Å². The number of aromatic hydroxyl groups is 1. The molecule has 31 heavy (non-hydrogen) atoms. The summed E-state index contributed by atoms with van der Waals surface area (Å²) >= 11 is 0. The summed E-state index contributed by atoms with van der Waals surface area (Å²) in [6, 6.07) is 5.75. The second-order valence-electron chi connectivity index (χ2n) is 9.93. The highest BCUT2D eigenvalue weighted by molar-refractivity contribution is 5.61. The van der Waals surface area contributed by atoms with Crippen molar-refractivity contribution in [2.45, 2.75) is 79.2 Å². The molecule has 168 valence electrons. The number of hydrogen-bond donors (Lipinski definition) is 2. The van der Waals surface area contributed by atoms with E-state index in [0.717, 1.165) is 30.4 Å². The van der Waals surface area contributed by atoms with E-state index in [2.05, 4.69) is 65.8 Å². The van der Waals surface area contributed by atoms with Gasteiger partial charge in [-0.25, -0.2) is 0 Å². The van der Waals surface area contributed by atoms with Gasteiger partial charge in [0.15, 0.2) is 0 Å². The van der Waals surface area contributed by atoms with Crippen LogP contribution in [-0.2, 0) is 0 Å². The molecule has 2 aliphatic rings. The zero-order valence-electron chi connectivity index (χ0n) is 20.2. The molecule has 0 saturated carbocycles. The van der Waals surface area contributed by atoms with Crippen LogP contribution >= 0.6 is 0 Å². The van der Waals surface area contributed by atoms with Gasteiger partial charge in [0.2, 0.25) is 0 Å². The van der Waals surface area contributed by atoms with E-state index >= 15 is 0 Å². The highest BCUT2D eigenvalue weighted by atomic mass is 16.3. The second-order valence-corrected chi connectivity index (χ2v) is 9.93. The SMILES string of the molecule is CCC=C(C(C)C)C(C)CC(O)c1ccc(C2C=C2C2=CC=C(C(C)C)CC2)c(O)c1. The molecular weight excluding hydrogens is 380 g/mol. The van der Waals surface area contributed by atoms with E-state index < -0.39 is 6.10 Å². The maximum absolute atomic E-state index is 10.8. The maximum atomic E-state index is 10.8. The third kappa shape index (κ3) is 5.60. The summed E-state index contributed by atoms with van der Waals surface area (Å²) in [5.74, 6) is 1.92. The van der Waals surface area contributed by atoms with Crippen LogP contribution in [0.25, 0.3) is 0 Å². The average Bonchev–Trinajstić information content (AvgIpc) is 3.52. The number of benzene rings is 1. The summed E-state index contributed by atoms with van der Waals surface area (Å²) in [4.78, 5) is 0. The lowest BCUT2D eigenvalue weighted by molar-refractivity contribution is 0.151. The smallest absolute Gasteiger partial charge is 0.120 e. The third-order valence-corrected chi connectivity index (χ3v) is 6.89. The molecule has 3 unspecified atom stereocenters. The van der Waals surface area contributed by atoms with Crippen LogP contribution in [0.15, 0.2) is 64.8 Å². The van der Waals surface area contributed by atoms with Crippen LogP contribution in [-0.4, -0.2) is 10.2 Å². The molecular formula is C29H40O2. The molecule has 0 amide bonds. The molecule has 3 rings (SSSR count). The molecule has 2 nitrogen and oxygen atoms in total. The Morgan fingerprint density at radius 1 is 1.10 bits per heavy atom. The molecule has 2 aliphatic carbocycles. The first kappa shape index (κ1) is 23.6. The Kier molecular flexibility index (Phi) is 7.64. The first-order chi connectivity index (χ1) is 14.7. The van der Waals surface area contributed by atoms with E-state index in [0.29, 0.717) is 29.9 Å². The number of aliphatic hydroxyl groups excluding tert-OH is 1. The minimum Gasteiger partial charge on any atom is -0.508 e. The molecule has 2 N–H and O–H groups in total. The van der Waals surface area contributed by atoms with Gasteiger partial charge >= 0.3 is 0 Å². The molecule has 0 saturated heterocycles. The number of aliphatic hydroxyl groups is 1. The van der Waals surface area contributed by atoms with E-state index in [1.807, 2.05) is 12.1 Å². The number of allylic oxidation sites excluding steroid dienone is 8. The predicted octanol–water partition coefficient (Wildman–Crippen LogP) is 7.77. The normalized spacial score (nSPS) is 21.0. The first-order valence-corrected chi connectivity index (χ1v) is 12.0. The monoisotopic (exact) mass is 420 g/mol. The van der Waals surface area contributed by atoms with Crippen molar-refractivity contribution in [3.05, 3.63) is 75.9 Å². The van der Waals surface area contributed by atoms with Crippen molar-refractivity contribution in [1.82, 2.24) is 0 Å². The fraction of sp³-hybridized carbons (Fsp3) is 0.517. The molecule has 0 aliphatic heterocycles. The molecule has 0 radical (unpaired) electrons. The molecule has 0 fully saturated rings. The minimum atomic E-state index is -0.568. The van der Waals surface area contributed by atoms with Gasteiger partial charge in [-0.15, -0.1) is 0 Å². The van der Waals surface area contributed by atoms with Crippen molar-refractivity contribution < 1.29 is 10.2 Å². The number of rotatable bonds is 9. The van der Waals surface area contributed by atoms with Gasteiger partial charge in [0.1, 0.15) is 5.75 Å². The zero-order valence-corrected chi connectivity index (χ0v) is 20.2. The summed E-state index contributed by atoms with van der Waals surface area (Å²) in [6.07, 6.45) is 12.4. The van der Waals surface area contributed by atoms with Crippen LogP contribution in [0.1, 0.15) is 90.4 Å². The van der Waals surface area contributed by atoms with Gasteiger partial charge in [-0.1, -0.05) is 89.1 Å². The highest BCUT2D eigenvalue weighted by Crippen LogP contribution is 2.49. The lowest BCUT2D eigenvalue weighted by Crippen LogP contribution is -2.11. The number of phenolic OH excluding ortho intramolecular Hbond substituents is 1. The van der Waals surface area contributed by atoms with Crippen molar-refractivity contribution in [2.75, 3.05) is 0 Å². The van der Waals surface area contributed by atoms with Crippen molar-refractivity contribution in [2.24, 2.45) is 17.8 Å². The van der Waals surface area contributed by atoms with Gasteiger partial charge in [0, 0.05) is 11.5 Å². The van der Waals surface area contributed by atoms with Gasteiger partial charge in [-0.2, -0.15) is 0 Å². The molecule has 0 spiro atoms. The molecule has 0 aromatic heterocycles. The van der Waals surface area contributed by atoms with Crippen LogP contribution in [0.4, 0.5) is 0 Å². The van der Waals surface area contributed by atoms with E-state index in [1.54, 1.807) is 6.07 Å². The quantitative estimate of drug-likeness (QED) is 0.401. The maximum Gasteiger partial charge on any atom is 0.120 e. The average molecular weight is 421 g/mol. The van der Waals surface area contributed by atoms with Crippen molar-refractivity contribution in [1.29, 1.82) is 0 Å². The van der Waals surface area contributed by atoms with Gasteiger partial charge < -0.3 is 10.2 Å². The summed E-state index contributed by atoms with van der Waals surface area (Å²) in [7, 11) is 0. The Bertz CT molecular complexity index is 911. The summed E-state index contributed by atoms with van der Waals surface area (Å²) < 4.78 is 0. The Hall–Kier alpha value is -2.06. The molecule has 0 heterocycles. The van der Waals surface area contributed by atoms with E-state index in [9.17, 15) is 10.2 Å². The highest BCUT2D eigenvalue weighted by Gasteiger charge is 2.32. The van der Waals surface area contributed by atoms with Crippen LogP contribution in [0.3, 0.4) is 0 Å². The zero-order chi connectivity index (χ0) is 22.7. The van der Waals surface area contributed by atoms with Crippen LogP contribution in [0.5, 0.6) is 5.75 Å². The Labute approximate surface area is 189 Å². The fourth-order valence-corrected chi connectivity index (χ4v) is 4.95. The first-order valence-electron chi connectivity index (χ1n) is 12.0. The Morgan fingerprint density at radius 3 is 2.39 bits per heavy atom. The lowest BCUT2D eigenvalue weighted by Gasteiger charge is -2.23. The predicted molar refractivity (Wildman–Crippen MR) is 131 cm³/mol. The summed E-state index contributed by atoms with van der Waals surface area (Å²) in [6.45, 7) is 13.3. The molecule has 3 atom stereocenters. The number of hydrogen-bond acceptors (Lipinski definition) is 2.